The van der Waals surface area contributed by atoms with E-state index in [1.165, 1.54) is 0 Å². The van der Waals surface area contributed by atoms with E-state index in [1.807, 2.05) is 35.1 Å². The SMILES string of the molecule is CC(CCc1ccccc1)NS(=O)(=O)F. The average Bonchev–Trinajstić information content (AvgIpc) is 2.14. The summed E-state index contributed by atoms with van der Waals surface area (Å²) in [5, 5.41) is 0. The lowest BCUT2D eigenvalue weighted by Crippen LogP contribution is -2.29. The van der Waals surface area contributed by atoms with Crippen LogP contribution < -0.4 is 4.72 Å². The molecule has 0 amide bonds. The number of benzene rings is 1. The summed E-state index contributed by atoms with van der Waals surface area (Å²) in [6.45, 7) is 1.64. The molecule has 0 heterocycles. The van der Waals surface area contributed by atoms with Gasteiger partial charge in [0.25, 0.3) is 0 Å². The van der Waals surface area contributed by atoms with Crippen molar-refractivity contribution in [2.45, 2.75) is 25.8 Å². The summed E-state index contributed by atoms with van der Waals surface area (Å²) in [7, 11) is -4.58. The number of hydrogen-bond donors (Lipinski definition) is 1. The highest BCUT2D eigenvalue weighted by Gasteiger charge is 2.11. The highest BCUT2D eigenvalue weighted by atomic mass is 32.3. The van der Waals surface area contributed by atoms with Crippen LogP contribution in [0.15, 0.2) is 30.3 Å². The molecule has 15 heavy (non-hydrogen) atoms. The van der Waals surface area contributed by atoms with E-state index in [1.54, 1.807) is 6.92 Å². The first-order chi connectivity index (χ1) is 6.97. The largest absolute Gasteiger partial charge is 0.372 e. The van der Waals surface area contributed by atoms with E-state index in [0.717, 1.165) is 12.0 Å². The Bertz CT molecular complexity index is 391. The summed E-state index contributed by atoms with van der Waals surface area (Å²) >= 11 is 0. The van der Waals surface area contributed by atoms with E-state index in [9.17, 15) is 12.3 Å². The van der Waals surface area contributed by atoms with Crippen LogP contribution in [0.25, 0.3) is 0 Å². The summed E-state index contributed by atoms with van der Waals surface area (Å²) in [6.07, 6.45) is 1.30. The molecule has 0 saturated heterocycles. The molecule has 1 atom stereocenters. The standard InChI is InChI=1S/C10H14FNO2S/c1-9(12-15(11,13)14)7-8-10-5-3-2-4-6-10/h2-6,9,12H,7-8H2,1H3. The maximum atomic E-state index is 12.2. The fraction of sp³-hybridized carbons (Fsp3) is 0.400. The fourth-order valence-corrected chi connectivity index (χ4v) is 1.93. The number of hydrogen-bond acceptors (Lipinski definition) is 2. The van der Waals surface area contributed by atoms with Gasteiger partial charge in [-0.2, -0.15) is 13.1 Å². The van der Waals surface area contributed by atoms with E-state index >= 15 is 0 Å². The van der Waals surface area contributed by atoms with E-state index < -0.39 is 10.4 Å². The molecule has 1 unspecified atom stereocenters. The lowest BCUT2D eigenvalue weighted by atomic mass is 10.1. The molecule has 3 nitrogen and oxygen atoms in total. The molecule has 0 bridgehead atoms. The van der Waals surface area contributed by atoms with Gasteiger partial charge in [0.2, 0.25) is 0 Å². The number of rotatable bonds is 5. The highest BCUT2D eigenvalue weighted by Crippen LogP contribution is 2.05. The summed E-state index contributed by atoms with van der Waals surface area (Å²) < 4.78 is 34.7. The molecule has 84 valence electrons. The topological polar surface area (TPSA) is 46.2 Å². The molecule has 0 fully saturated rings. The molecule has 0 aliphatic rings. The molecule has 0 spiro atoms. The molecule has 0 aliphatic heterocycles. The van der Waals surface area contributed by atoms with Crippen LogP contribution in [0.3, 0.4) is 0 Å². The van der Waals surface area contributed by atoms with Crippen molar-refractivity contribution in [2.75, 3.05) is 0 Å². The van der Waals surface area contributed by atoms with E-state index in [0.29, 0.717) is 6.42 Å². The minimum absolute atomic E-state index is 0.389. The Morgan fingerprint density at radius 3 is 2.47 bits per heavy atom. The van der Waals surface area contributed by atoms with Gasteiger partial charge < -0.3 is 0 Å². The smallest absolute Gasteiger partial charge is 0.185 e. The van der Waals surface area contributed by atoms with Crippen LogP contribution in [-0.2, 0) is 16.8 Å². The predicted octanol–water partition coefficient (Wildman–Crippen LogP) is 1.81. The number of halogens is 1. The van der Waals surface area contributed by atoms with E-state index in [4.69, 9.17) is 0 Å². The molecule has 1 aromatic rings. The monoisotopic (exact) mass is 231 g/mol. The highest BCUT2D eigenvalue weighted by molar-refractivity contribution is 7.84. The van der Waals surface area contributed by atoms with Crippen LogP contribution in [0, 0.1) is 0 Å². The molecule has 0 aromatic heterocycles. The second-order valence-electron chi connectivity index (χ2n) is 3.48. The first-order valence-electron chi connectivity index (χ1n) is 4.73. The van der Waals surface area contributed by atoms with Gasteiger partial charge in [-0.3, -0.25) is 0 Å². The number of aryl methyl sites for hydroxylation is 1. The average molecular weight is 231 g/mol. The molecular weight excluding hydrogens is 217 g/mol. The maximum absolute atomic E-state index is 12.2. The van der Waals surface area contributed by atoms with E-state index in [-0.39, 0.29) is 6.04 Å². The van der Waals surface area contributed by atoms with Gasteiger partial charge in [-0.1, -0.05) is 34.2 Å². The zero-order chi connectivity index (χ0) is 11.3. The van der Waals surface area contributed by atoms with Crippen LogP contribution in [0.1, 0.15) is 18.9 Å². The van der Waals surface area contributed by atoms with Gasteiger partial charge in [0.15, 0.2) is 0 Å². The van der Waals surface area contributed by atoms with Crippen molar-refractivity contribution >= 4 is 10.4 Å². The Morgan fingerprint density at radius 1 is 1.33 bits per heavy atom. The Morgan fingerprint density at radius 2 is 1.93 bits per heavy atom. The molecule has 0 radical (unpaired) electrons. The number of nitrogens with one attached hydrogen (secondary N) is 1. The normalized spacial score (nSPS) is 13.7. The van der Waals surface area contributed by atoms with Crippen molar-refractivity contribution in [2.24, 2.45) is 0 Å². The third kappa shape index (κ3) is 5.49. The molecule has 5 heteroatoms. The lowest BCUT2D eigenvalue weighted by Gasteiger charge is -2.09. The molecule has 1 N–H and O–H groups in total. The summed E-state index contributed by atoms with van der Waals surface area (Å²) in [5.74, 6) is 0. The van der Waals surface area contributed by atoms with Gasteiger partial charge in [0.1, 0.15) is 0 Å². The minimum atomic E-state index is -4.58. The first kappa shape index (κ1) is 12.1. The zero-order valence-electron chi connectivity index (χ0n) is 8.48. The summed E-state index contributed by atoms with van der Waals surface area (Å²) in [5.41, 5.74) is 1.11. The minimum Gasteiger partial charge on any atom is -0.185 e. The molecule has 0 aliphatic carbocycles. The van der Waals surface area contributed by atoms with Crippen molar-refractivity contribution in [3.05, 3.63) is 35.9 Å². The Balaban J connectivity index is 2.38. The maximum Gasteiger partial charge on any atom is 0.372 e. The Hall–Kier alpha value is -0.940. The fourth-order valence-electron chi connectivity index (χ4n) is 1.33. The van der Waals surface area contributed by atoms with Gasteiger partial charge >= 0.3 is 10.4 Å². The van der Waals surface area contributed by atoms with Crippen LogP contribution in [-0.4, -0.2) is 14.5 Å². The van der Waals surface area contributed by atoms with Crippen LogP contribution >= 0.6 is 0 Å². The quantitative estimate of drug-likeness (QED) is 0.786. The molecule has 1 aromatic carbocycles. The third-order valence-electron chi connectivity index (χ3n) is 2.05. The lowest BCUT2D eigenvalue weighted by molar-refractivity contribution is 0.508. The van der Waals surface area contributed by atoms with Gasteiger partial charge in [0, 0.05) is 6.04 Å². The Labute approximate surface area is 89.7 Å². The van der Waals surface area contributed by atoms with Gasteiger partial charge in [-0.05, 0) is 25.3 Å². The van der Waals surface area contributed by atoms with Gasteiger partial charge in [-0.25, -0.2) is 0 Å². The second kappa shape index (κ2) is 5.23. The van der Waals surface area contributed by atoms with Gasteiger partial charge in [-0.15, -0.1) is 0 Å². The zero-order valence-corrected chi connectivity index (χ0v) is 9.30. The van der Waals surface area contributed by atoms with Crippen molar-refractivity contribution in [1.29, 1.82) is 0 Å². The Kier molecular flexibility index (Phi) is 4.23. The van der Waals surface area contributed by atoms with Crippen LogP contribution in [0.2, 0.25) is 0 Å². The van der Waals surface area contributed by atoms with Crippen LogP contribution in [0.5, 0.6) is 0 Å². The molecule has 1 rings (SSSR count). The third-order valence-corrected chi connectivity index (χ3v) is 2.73. The second-order valence-corrected chi connectivity index (χ2v) is 4.59. The summed E-state index contributed by atoms with van der Waals surface area (Å²) in [4.78, 5) is 0. The predicted molar refractivity (Wildman–Crippen MR) is 57.4 cm³/mol. The van der Waals surface area contributed by atoms with Gasteiger partial charge in [0.05, 0.1) is 0 Å². The van der Waals surface area contributed by atoms with Crippen molar-refractivity contribution in [1.82, 2.24) is 4.72 Å². The summed E-state index contributed by atoms with van der Waals surface area (Å²) in [6, 6.07) is 9.27. The van der Waals surface area contributed by atoms with Crippen LogP contribution in [0.4, 0.5) is 3.89 Å². The van der Waals surface area contributed by atoms with Crippen molar-refractivity contribution in [3.63, 3.8) is 0 Å². The van der Waals surface area contributed by atoms with Crippen molar-refractivity contribution < 1.29 is 12.3 Å². The van der Waals surface area contributed by atoms with Crippen molar-refractivity contribution in [3.8, 4) is 0 Å². The first-order valence-corrected chi connectivity index (χ1v) is 6.11. The molecule has 0 saturated carbocycles. The molecular formula is C10H14FNO2S. The van der Waals surface area contributed by atoms with E-state index in [2.05, 4.69) is 0 Å².